The maximum atomic E-state index is 11.0. The maximum absolute atomic E-state index is 11.0. The molecule has 1 aliphatic heterocycles. The first kappa shape index (κ1) is 25.7. The van der Waals surface area contributed by atoms with Crippen molar-refractivity contribution in [1.82, 2.24) is 0 Å². The second-order valence-corrected chi connectivity index (χ2v) is 10.2. The molecule has 1 atom stereocenters. The van der Waals surface area contributed by atoms with Crippen molar-refractivity contribution >= 4 is 0 Å². The van der Waals surface area contributed by atoms with Crippen molar-refractivity contribution in [2.24, 2.45) is 0 Å². The Labute approximate surface area is 195 Å². The maximum Gasteiger partial charge on any atom is 0.137 e. The molecule has 3 rings (SSSR count). The molecule has 1 saturated heterocycles. The third-order valence-electron chi connectivity index (χ3n) is 6.35. The lowest BCUT2D eigenvalue weighted by atomic mass is 9.85. The van der Waals surface area contributed by atoms with E-state index in [0.717, 1.165) is 36.4 Å². The van der Waals surface area contributed by atoms with Gasteiger partial charge in [-0.15, -0.1) is 0 Å². The number of ether oxygens (including phenoxy) is 1. The average molecular weight is 446 g/mol. The molecule has 2 aromatic carbocycles. The molecule has 1 heterocycles. The van der Waals surface area contributed by atoms with Gasteiger partial charge < -0.3 is 26.7 Å². The molecule has 0 bridgehead atoms. The summed E-state index contributed by atoms with van der Waals surface area (Å²) in [6.07, 6.45) is 4.62. The van der Waals surface area contributed by atoms with Gasteiger partial charge in [0.2, 0.25) is 0 Å². The Morgan fingerprint density at radius 1 is 0.968 bits per heavy atom. The molecule has 0 aliphatic carbocycles. The lowest BCUT2D eigenvalue weighted by Gasteiger charge is -2.39. The highest BCUT2D eigenvalue weighted by molar-refractivity contribution is 5.41. The molecule has 1 fully saturated rings. The van der Waals surface area contributed by atoms with Crippen LogP contribution < -0.4 is 17.1 Å². The zero-order chi connectivity index (χ0) is 21.6. The molecule has 0 amide bonds. The summed E-state index contributed by atoms with van der Waals surface area (Å²) in [7, 11) is 0. The van der Waals surface area contributed by atoms with Gasteiger partial charge in [-0.25, -0.2) is 0 Å². The molecule has 4 heteroatoms. The smallest absolute Gasteiger partial charge is 0.137 e. The van der Waals surface area contributed by atoms with Gasteiger partial charge in [0.15, 0.2) is 0 Å². The molecule has 1 unspecified atom stereocenters. The summed E-state index contributed by atoms with van der Waals surface area (Å²) in [6.45, 7) is 13.1. The number of hydrogen-bond acceptors (Lipinski definition) is 2. The number of hydrogen-bond donors (Lipinski definition) is 1. The number of aliphatic hydroxyl groups excluding tert-OH is 1. The highest BCUT2D eigenvalue weighted by atomic mass is 35.5. The first-order valence-electron chi connectivity index (χ1n) is 11.6. The summed E-state index contributed by atoms with van der Waals surface area (Å²) in [5, 5.41) is 11.0. The Morgan fingerprint density at radius 2 is 1.61 bits per heavy atom. The standard InChI is InChI=1S/C27H40NO2.ClH/c1-22-14-15-26(25(18-22)27(2,3)4)30-21-24(29)20-28(16-10-5-6-11-17-28)19-23-12-8-7-9-13-23;/h7-9,12-15,18,24,29H,5-6,10-11,16-17,19-21H2,1-4H3;1H/q+1;/p-1. The Bertz CT molecular complexity index is 793. The Balaban J connectivity index is 0.00000341. The summed E-state index contributed by atoms with van der Waals surface area (Å²) < 4.78 is 7.16. The Morgan fingerprint density at radius 3 is 2.23 bits per heavy atom. The lowest BCUT2D eigenvalue weighted by molar-refractivity contribution is -0.942. The minimum absolute atomic E-state index is 0. The third kappa shape index (κ3) is 7.52. The number of nitrogens with zero attached hydrogens (tertiary/aromatic N) is 1. The first-order valence-corrected chi connectivity index (χ1v) is 11.6. The van der Waals surface area contributed by atoms with Gasteiger partial charge in [0.05, 0.1) is 13.1 Å². The van der Waals surface area contributed by atoms with Gasteiger partial charge in [0.1, 0.15) is 31.5 Å². The van der Waals surface area contributed by atoms with Crippen molar-refractivity contribution in [2.45, 2.75) is 71.4 Å². The largest absolute Gasteiger partial charge is 1.00 e. The fourth-order valence-corrected chi connectivity index (χ4v) is 4.78. The quantitative estimate of drug-likeness (QED) is 0.664. The van der Waals surface area contributed by atoms with Crippen LogP contribution in [-0.2, 0) is 12.0 Å². The highest BCUT2D eigenvalue weighted by Gasteiger charge is 2.32. The fourth-order valence-electron chi connectivity index (χ4n) is 4.78. The van der Waals surface area contributed by atoms with E-state index in [4.69, 9.17) is 4.74 Å². The Kier molecular flexibility index (Phi) is 9.42. The van der Waals surface area contributed by atoms with Crippen molar-refractivity contribution in [2.75, 3.05) is 26.2 Å². The van der Waals surface area contributed by atoms with E-state index in [-0.39, 0.29) is 17.8 Å². The molecule has 31 heavy (non-hydrogen) atoms. The number of benzene rings is 2. The van der Waals surface area contributed by atoms with Gasteiger partial charge >= 0.3 is 0 Å². The molecular formula is C27H40ClNO2. The molecule has 3 nitrogen and oxygen atoms in total. The predicted octanol–water partition coefficient (Wildman–Crippen LogP) is 2.63. The minimum Gasteiger partial charge on any atom is -1.00 e. The molecule has 2 aromatic rings. The molecule has 172 valence electrons. The van der Waals surface area contributed by atoms with Crippen LogP contribution in [0.3, 0.4) is 0 Å². The van der Waals surface area contributed by atoms with E-state index in [1.807, 2.05) is 0 Å². The van der Waals surface area contributed by atoms with Crippen LogP contribution in [0.5, 0.6) is 5.75 Å². The summed E-state index contributed by atoms with van der Waals surface area (Å²) >= 11 is 0. The van der Waals surface area contributed by atoms with Gasteiger partial charge in [0.25, 0.3) is 0 Å². The second kappa shape index (κ2) is 11.4. The van der Waals surface area contributed by atoms with Gasteiger partial charge in [-0.1, -0.05) is 68.8 Å². The van der Waals surface area contributed by atoms with E-state index in [0.29, 0.717) is 6.61 Å². The molecule has 0 saturated carbocycles. The van der Waals surface area contributed by atoms with Gasteiger partial charge in [-0.2, -0.15) is 0 Å². The van der Waals surface area contributed by atoms with Crippen LogP contribution in [0.4, 0.5) is 0 Å². The SMILES string of the molecule is Cc1ccc(OCC(O)C[N+]2(Cc3ccccc3)CCCCCC2)c(C(C)(C)C)c1.[Cl-]. The van der Waals surface area contributed by atoms with Crippen LogP contribution in [-0.4, -0.2) is 41.9 Å². The van der Waals surface area contributed by atoms with Gasteiger partial charge in [0, 0.05) is 5.56 Å². The summed E-state index contributed by atoms with van der Waals surface area (Å²) in [4.78, 5) is 0. The van der Waals surface area contributed by atoms with E-state index in [9.17, 15) is 5.11 Å². The average Bonchev–Trinajstić information content (AvgIpc) is 2.92. The van der Waals surface area contributed by atoms with E-state index in [1.54, 1.807) is 0 Å². The molecule has 0 spiro atoms. The molecule has 1 aliphatic rings. The van der Waals surface area contributed by atoms with Crippen LogP contribution in [0, 0.1) is 6.92 Å². The van der Waals surface area contributed by atoms with Crippen molar-refractivity contribution in [3.05, 3.63) is 65.2 Å². The zero-order valence-corrected chi connectivity index (χ0v) is 20.5. The molecule has 0 aromatic heterocycles. The van der Waals surface area contributed by atoms with Crippen molar-refractivity contribution in [1.29, 1.82) is 0 Å². The van der Waals surface area contributed by atoms with Crippen LogP contribution in [0.2, 0.25) is 0 Å². The molecule has 0 radical (unpaired) electrons. The van der Waals surface area contributed by atoms with Crippen LogP contribution >= 0.6 is 0 Å². The number of rotatable bonds is 7. The van der Waals surface area contributed by atoms with Crippen LogP contribution in [0.25, 0.3) is 0 Å². The minimum atomic E-state index is -0.471. The van der Waals surface area contributed by atoms with Crippen molar-refractivity contribution in [3.8, 4) is 5.75 Å². The van der Waals surface area contributed by atoms with Crippen LogP contribution in [0.1, 0.15) is 63.1 Å². The summed E-state index contributed by atoms with van der Waals surface area (Å²) in [5.74, 6) is 0.901. The van der Waals surface area contributed by atoms with E-state index < -0.39 is 6.10 Å². The van der Waals surface area contributed by atoms with E-state index in [2.05, 4.69) is 76.2 Å². The predicted molar refractivity (Wildman–Crippen MR) is 125 cm³/mol. The monoisotopic (exact) mass is 445 g/mol. The number of aryl methyl sites for hydroxylation is 1. The van der Waals surface area contributed by atoms with Gasteiger partial charge in [-0.05, 0) is 49.7 Å². The summed E-state index contributed by atoms with van der Waals surface area (Å²) in [6, 6.07) is 17.1. The zero-order valence-electron chi connectivity index (χ0n) is 19.7. The third-order valence-corrected chi connectivity index (χ3v) is 6.35. The highest BCUT2D eigenvalue weighted by Crippen LogP contribution is 2.32. The first-order chi connectivity index (χ1) is 14.3. The van der Waals surface area contributed by atoms with Crippen LogP contribution in [0.15, 0.2) is 48.5 Å². The van der Waals surface area contributed by atoms with Crippen molar-refractivity contribution < 1.29 is 26.7 Å². The summed E-state index contributed by atoms with van der Waals surface area (Å²) in [5.41, 5.74) is 3.82. The number of likely N-dealkylation sites (tertiary alicyclic amines) is 1. The topological polar surface area (TPSA) is 29.5 Å². The number of aliphatic hydroxyl groups is 1. The lowest BCUT2D eigenvalue weighted by Crippen LogP contribution is -3.00. The second-order valence-electron chi connectivity index (χ2n) is 10.2. The fraction of sp³-hybridized carbons (Fsp3) is 0.556. The normalized spacial score (nSPS) is 17.3. The Hall–Kier alpha value is -1.55. The molecule has 1 N–H and O–H groups in total. The molecular weight excluding hydrogens is 406 g/mol. The number of halogens is 1. The van der Waals surface area contributed by atoms with Crippen molar-refractivity contribution in [3.63, 3.8) is 0 Å². The van der Waals surface area contributed by atoms with E-state index >= 15 is 0 Å². The van der Waals surface area contributed by atoms with Gasteiger partial charge in [-0.3, -0.25) is 0 Å². The number of quaternary nitrogens is 1. The van der Waals surface area contributed by atoms with E-state index in [1.165, 1.54) is 42.4 Å².